The van der Waals surface area contributed by atoms with E-state index in [0.717, 1.165) is 49.6 Å². The number of fused-ring (bicyclic) bond motifs is 9. The van der Waals surface area contributed by atoms with Gasteiger partial charge in [-0.05, 0) is 29.4 Å². The van der Waals surface area contributed by atoms with Gasteiger partial charge in [0.05, 0.1) is 28.4 Å². The maximum absolute atomic E-state index is 12.9. The molecule has 0 bridgehead atoms. The Bertz CT molecular complexity index is 1620. The summed E-state index contributed by atoms with van der Waals surface area (Å²) in [6, 6.07) is 9.92. The molecule has 160 valence electrons. The molecule has 0 fully saturated rings. The van der Waals surface area contributed by atoms with E-state index in [-0.39, 0.29) is 17.9 Å². The van der Waals surface area contributed by atoms with Gasteiger partial charge in [-0.2, -0.15) is 0 Å². The van der Waals surface area contributed by atoms with Crippen molar-refractivity contribution in [1.82, 2.24) is 10.3 Å². The van der Waals surface area contributed by atoms with Crippen LogP contribution < -0.4 is 21.2 Å². The normalized spacial score (nSPS) is 19.3. The highest BCUT2D eigenvalue weighted by Crippen LogP contribution is 2.35. The molecule has 3 aromatic rings. The number of hydrogen-bond donors (Lipinski definition) is 3. The molecule has 0 spiro atoms. The van der Waals surface area contributed by atoms with Gasteiger partial charge in [-0.1, -0.05) is 30.3 Å². The first-order chi connectivity index (χ1) is 16.2. The number of ether oxygens (including phenoxy) is 1. The minimum absolute atomic E-state index is 0.0806. The van der Waals surface area contributed by atoms with Crippen LogP contribution in [0, 0.1) is 0 Å². The van der Waals surface area contributed by atoms with E-state index in [1.54, 1.807) is 12.4 Å². The van der Waals surface area contributed by atoms with Crippen LogP contribution in [0.2, 0.25) is 0 Å². The van der Waals surface area contributed by atoms with Crippen LogP contribution in [0.15, 0.2) is 59.4 Å². The van der Waals surface area contributed by atoms with Crippen molar-refractivity contribution in [3.8, 4) is 0 Å². The molecular formula is C26H18N4O3. The van der Waals surface area contributed by atoms with E-state index in [4.69, 9.17) is 4.74 Å². The van der Waals surface area contributed by atoms with Crippen LogP contribution in [0.3, 0.4) is 0 Å². The second-order valence-electron chi connectivity index (χ2n) is 8.50. The van der Waals surface area contributed by atoms with Crippen LogP contribution in [0.1, 0.15) is 31.8 Å². The first-order valence-electron chi connectivity index (χ1n) is 10.8. The monoisotopic (exact) mass is 434 g/mol. The molecule has 7 rings (SSSR count). The van der Waals surface area contributed by atoms with Gasteiger partial charge in [0, 0.05) is 40.4 Å². The quantitative estimate of drug-likeness (QED) is 0.550. The van der Waals surface area contributed by atoms with Gasteiger partial charge < -0.3 is 15.0 Å². The fraction of sp³-hybridized carbons (Fsp3) is 0.115. The summed E-state index contributed by atoms with van der Waals surface area (Å²) in [6.07, 6.45) is 9.93. The first-order valence-corrected chi connectivity index (χ1v) is 10.8. The molecule has 1 unspecified atom stereocenters. The Morgan fingerprint density at radius 3 is 2.79 bits per heavy atom. The number of benzene rings is 2. The Kier molecular flexibility index (Phi) is 3.62. The molecule has 0 saturated heterocycles. The smallest absolute Gasteiger partial charge is 0.259 e. The van der Waals surface area contributed by atoms with Crippen LogP contribution >= 0.6 is 0 Å². The number of allylic oxidation sites excluding steroid dienone is 2. The van der Waals surface area contributed by atoms with Gasteiger partial charge in [0.15, 0.2) is 0 Å². The fourth-order valence-electron chi connectivity index (χ4n) is 5.17. The third-order valence-electron chi connectivity index (χ3n) is 6.62. The molecule has 0 radical (unpaired) electrons. The van der Waals surface area contributed by atoms with Gasteiger partial charge in [-0.25, -0.2) is 0 Å². The first kappa shape index (κ1) is 18.2. The summed E-state index contributed by atoms with van der Waals surface area (Å²) in [4.78, 5) is 33.6. The van der Waals surface area contributed by atoms with E-state index in [1.165, 1.54) is 0 Å². The molecule has 1 aliphatic carbocycles. The van der Waals surface area contributed by atoms with Crippen molar-refractivity contribution in [3.05, 3.63) is 87.3 Å². The average Bonchev–Trinajstić information content (AvgIpc) is 3.49. The van der Waals surface area contributed by atoms with E-state index in [1.807, 2.05) is 48.6 Å². The molecule has 2 aromatic carbocycles. The third-order valence-corrected chi connectivity index (χ3v) is 6.62. The lowest BCUT2D eigenvalue weighted by Gasteiger charge is -2.13. The summed E-state index contributed by atoms with van der Waals surface area (Å²) < 4.78 is 6.08. The summed E-state index contributed by atoms with van der Waals surface area (Å²) in [5, 5.41) is 8.47. The zero-order valence-corrected chi connectivity index (χ0v) is 17.4. The van der Waals surface area contributed by atoms with Crippen LogP contribution in [0.4, 0.5) is 5.69 Å². The average molecular weight is 434 g/mol. The van der Waals surface area contributed by atoms with Gasteiger partial charge in [-0.3, -0.25) is 19.9 Å². The number of aromatic nitrogens is 1. The van der Waals surface area contributed by atoms with Crippen molar-refractivity contribution in [2.75, 3.05) is 5.32 Å². The minimum atomic E-state index is -0.364. The zero-order chi connectivity index (χ0) is 22.1. The van der Waals surface area contributed by atoms with Crippen molar-refractivity contribution in [2.24, 2.45) is 4.99 Å². The van der Waals surface area contributed by atoms with E-state index in [9.17, 15) is 9.59 Å². The fourth-order valence-corrected chi connectivity index (χ4v) is 5.17. The SMILES string of the molecule is O=C1NC(=O)c2c1c1c(c3[nH]c4c(c23)CC(OCc2ccccc2)=CC=4)NC2C=CN=CC=12. The number of rotatable bonds is 3. The Morgan fingerprint density at radius 2 is 1.91 bits per heavy atom. The minimum Gasteiger partial charge on any atom is -0.493 e. The van der Waals surface area contributed by atoms with Gasteiger partial charge in [-0.15, -0.1) is 0 Å². The highest BCUT2D eigenvalue weighted by atomic mass is 16.5. The number of carbonyl (C=O) groups is 2. The van der Waals surface area contributed by atoms with Crippen LogP contribution in [-0.4, -0.2) is 29.1 Å². The number of amides is 2. The maximum Gasteiger partial charge on any atom is 0.259 e. The number of aromatic amines is 1. The van der Waals surface area contributed by atoms with Crippen molar-refractivity contribution in [3.63, 3.8) is 0 Å². The summed E-state index contributed by atoms with van der Waals surface area (Å²) >= 11 is 0. The van der Waals surface area contributed by atoms with Crippen molar-refractivity contribution in [2.45, 2.75) is 19.1 Å². The lowest BCUT2D eigenvalue weighted by molar-refractivity contribution is 0.0880. The Labute approximate surface area is 187 Å². The number of carbonyl (C=O) groups excluding carboxylic acids is 2. The summed E-state index contributed by atoms with van der Waals surface area (Å²) in [7, 11) is 0. The number of anilines is 1. The topological polar surface area (TPSA) is 95.6 Å². The van der Waals surface area contributed by atoms with Crippen LogP contribution in [0.25, 0.3) is 22.6 Å². The van der Waals surface area contributed by atoms with Crippen molar-refractivity contribution < 1.29 is 14.3 Å². The Balaban J connectivity index is 1.40. The van der Waals surface area contributed by atoms with E-state index in [2.05, 4.69) is 20.6 Å². The maximum atomic E-state index is 12.9. The summed E-state index contributed by atoms with van der Waals surface area (Å²) in [5.74, 6) is 0.0902. The number of nitrogens with zero attached hydrogens (tertiary/aromatic N) is 1. The number of aliphatic imine (C=N–C) groups is 1. The summed E-state index contributed by atoms with van der Waals surface area (Å²) in [6.45, 7) is 0.470. The predicted molar refractivity (Wildman–Crippen MR) is 125 cm³/mol. The summed E-state index contributed by atoms with van der Waals surface area (Å²) in [5.41, 5.74) is 5.48. The molecule has 33 heavy (non-hydrogen) atoms. The van der Waals surface area contributed by atoms with E-state index < -0.39 is 0 Å². The molecule has 4 aliphatic rings. The third kappa shape index (κ3) is 2.53. The molecule has 3 aliphatic heterocycles. The molecular weight excluding hydrogens is 416 g/mol. The van der Waals surface area contributed by atoms with Crippen molar-refractivity contribution in [1.29, 1.82) is 0 Å². The van der Waals surface area contributed by atoms with Gasteiger partial charge in [0.1, 0.15) is 12.4 Å². The number of imide groups is 1. The number of nitrogens with one attached hydrogen (secondary N) is 3. The predicted octanol–water partition coefficient (Wildman–Crippen LogP) is 2.03. The molecule has 7 heteroatoms. The Hall–Kier alpha value is -4.39. The molecule has 1 aromatic heterocycles. The lowest BCUT2D eigenvalue weighted by atomic mass is 9.94. The highest BCUT2D eigenvalue weighted by molar-refractivity contribution is 6.30. The lowest BCUT2D eigenvalue weighted by Crippen LogP contribution is -2.23. The second-order valence-corrected chi connectivity index (χ2v) is 8.50. The molecule has 7 nitrogen and oxygen atoms in total. The van der Waals surface area contributed by atoms with Gasteiger partial charge >= 0.3 is 0 Å². The van der Waals surface area contributed by atoms with E-state index >= 15 is 0 Å². The number of hydrogen-bond acceptors (Lipinski definition) is 5. The standard InChI is InChI=1S/C26H18N4O3/c31-25-21-19-15-10-14(33-12-13-4-2-1-3-5-13)6-7-17(15)28-23(19)24-20(22(21)26(32)30-25)16-11-27-9-8-18(16)29-24/h1-9,11,18,28-29H,10,12H2,(H,30,31,32). The largest absolute Gasteiger partial charge is 0.493 e. The Morgan fingerprint density at radius 1 is 1.06 bits per heavy atom. The molecule has 0 saturated carbocycles. The number of H-pyrrole nitrogens is 1. The van der Waals surface area contributed by atoms with Crippen LogP contribution in [0.5, 0.6) is 0 Å². The van der Waals surface area contributed by atoms with Gasteiger partial charge in [0.2, 0.25) is 0 Å². The van der Waals surface area contributed by atoms with E-state index in [0.29, 0.717) is 24.2 Å². The van der Waals surface area contributed by atoms with Gasteiger partial charge in [0.25, 0.3) is 11.8 Å². The zero-order valence-electron chi connectivity index (χ0n) is 17.4. The highest BCUT2D eigenvalue weighted by Gasteiger charge is 2.38. The molecule has 3 N–H and O–H groups in total. The molecule has 2 amide bonds. The van der Waals surface area contributed by atoms with Crippen LogP contribution in [-0.2, 0) is 17.8 Å². The molecule has 4 heterocycles. The van der Waals surface area contributed by atoms with Crippen molar-refractivity contribution >= 4 is 46.3 Å². The molecule has 1 atom stereocenters. The second kappa shape index (κ2) is 6.56.